The molecule has 0 saturated heterocycles. The van der Waals surface area contributed by atoms with Gasteiger partial charge in [-0.3, -0.25) is 4.79 Å². The van der Waals surface area contributed by atoms with Crippen molar-refractivity contribution in [3.05, 3.63) is 58.6 Å². The molecule has 0 aliphatic rings. The van der Waals surface area contributed by atoms with Crippen LogP contribution in [0.1, 0.15) is 5.56 Å². The largest absolute Gasteiger partial charge is 0.357 e. The van der Waals surface area contributed by atoms with Gasteiger partial charge in [-0.1, -0.05) is 17.7 Å². The topological polar surface area (TPSA) is 82.8 Å². The standard InChI is InChI=1S/C14H12N2O3S/c1-9-2-4-10(5-3-9)20(18,19)12-8-16-14(17)13-11(12)6-7-15-13/h2-8,15H,1H3,(H,16,17). The minimum Gasteiger partial charge on any atom is -0.357 e. The van der Waals surface area contributed by atoms with Crippen LogP contribution in [0.2, 0.25) is 0 Å². The maximum atomic E-state index is 12.6. The first-order valence-electron chi connectivity index (χ1n) is 6.01. The zero-order valence-electron chi connectivity index (χ0n) is 10.7. The molecule has 0 fully saturated rings. The normalized spacial score (nSPS) is 11.8. The average molecular weight is 288 g/mol. The van der Waals surface area contributed by atoms with E-state index in [4.69, 9.17) is 0 Å². The Balaban J connectivity index is 2.29. The first kappa shape index (κ1) is 12.7. The molecule has 0 saturated carbocycles. The van der Waals surface area contributed by atoms with E-state index in [1.165, 1.54) is 6.20 Å². The van der Waals surface area contributed by atoms with E-state index in [0.29, 0.717) is 5.39 Å². The van der Waals surface area contributed by atoms with Crippen LogP contribution in [0.25, 0.3) is 10.9 Å². The summed E-state index contributed by atoms with van der Waals surface area (Å²) in [6.45, 7) is 1.89. The summed E-state index contributed by atoms with van der Waals surface area (Å²) in [5.74, 6) is 0. The van der Waals surface area contributed by atoms with Crippen molar-refractivity contribution >= 4 is 20.7 Å². The maximum absolute atomic E-state index is 12.6. The van der Waals surface area contributed by atoms with E-state index in [-0.39, 0.29) is 20.9 Å². The van der Waals surface area contributed by atoms with Crippen molar-refractivity contribution < 1.29 is 8.42 Å². The van der Waals surface area contributed by atoms with Crippen LogP contribution in [0.4, 0.5) is 0 Å². The summed E-state index contributed by atoms with van der Waals surface area (Å²) in [6, 6.07) is 8.20. The lowest BCUT2D eigenvalue weighted by Crippen LogP contribution is -2.10. The van der Waals surface area contributed by atoms with Crippen LogP contribution in [-0.2, 0) is 9.84 Å². The van der Waals surface area contributed by atoms with Gasteiger partial charge in [-0.05, 0) is 25.1 Å². The molecule has 20 heavy (non-hydrogen) atoms. The van der Waals surface area contributed by atoms with Gasteiger partial charge >= 0.3 is 0 Å². The number of aryl methyl sites for hydroxylation is 1. The summed E-state index contributed by atoms with van der Waals surface area (Å²) in [5.41, 5.74) is 0.906. The van der Waals surface area contributed by atoms with Crippen molar-refractivity contribution in [2.45, 2.75) is 16.7 Å². The lowest BCUT2D eigenvalue weighted by molar-refractivity contribution is 0.596. The monoisotopic (exact) mass is 288 g/mol. The van der Waals surface area contributed by atoms with Crippen LogP contribution in [0.15, 0.2) is 57.3 Å². The highest BCUT2D eigenvalue weighted by atomic mass is 32.2. The number of hydrogen-bond donors (Lipinski definition) is 2. The number of sulfone groups is 1. The minimum atomic E-state index is -3.66. The average Bonchev–Trinajstić information content (AvgIpc) is 2.89. The van der Waals surface area contributed by atoms with Crippen LogP contribution in [0.5, 0.6) is 0 Å². The van der Waals surface area contributed by atoms with Crippen LogP contribution in [0.3, 0.4) is 0 Å². The molecule has 2 N–H and O–H groups in total. The van der Waals surface area contributed by atoms with E-state index >= 15 is 0 Å². The summed E-state index contributed by atoms with van der Waals surface area (Å²) in [4.78, 5) is 17.1. The van der Waals surface area contributed by atoms with Gasteiger partial charge in [0.05, 0.1) is 9.79 Å². The van der Waals surface area contributed by atoms with Gasteiger partial charge in [0.1, 0.15) is 5.52 Å². The van der Waals surface area contributed by atoms with E-state index in [0.717, 1.165) is 5.56 Å². The third-order valence-corrected chi connectivity index (χ3v) is 5.00. The molecule has 102 valence electrons. The zero-order valence-corrected chi connectivity index (χ0v) is 11.5. The Morgan fingerprint density at radius 3 is 2.40 bits per heavy atom. The Bertz CT molecular complexity index is 934. The van der Waals surface area contributed by atoms with Gasteiger partial charge in [-0.15, -0.1) is 0 Å². The minimum absolute atomic E-state index is 0.0946. The Kier molecular flexibility index (Phi) is 2.76. The van der Waals surface area contributed by atoms with Gasteiger partial charge in [-0.25, -0.2) is 8.42 Å². The molecule has 0 unspecified atom stereocenters. The fraction of sp³-hybridized carbons (Fsp3) is 0.0714. The molecule has 0 radical (unpaired) electrons. The number of pyridine rings is 1. The molecule has 3 rings (SSSR count). The summed E-state index contributed by atoms with van der Waals surface area (Å²) in [7, 11) is -3.66. The van der Waals surface area contributed by atoms with E-state index < -0.39 is 9.84 Å². The van der Waals surface area contributed by atoms with Crippen molar-refractivity contribution in [2.24, 2.45) is 0 Å². The van der Waals surface area contributed by atoms with Gasteiger partial charge in [0.2, 0.25) is 9.84 Å². The Hall–Kier alpha value is -2.34. The van der Waals surface area contributed by atoms with Gasteiger partial charge in [-0.2, -0.15) is 0 Å². The molecule has 1 aromatic carbocycles. The number of benzene rings is 1. The van der Waals surface area contributed by atoms with E-state index in [2.05, 4.69) is 9.97 Å². The SMILES string of the molecule is Cc1ccc(S(=O)(=O)c2c[nH]c(=O)c3[nH]ccc23)cc1. The Morgan fingerprint density at radius 1 is 1.00 bits per heavy atom. The number of rotatable bonds is 2. The van der Waals surface area contributed by atoms with Crippen molar-refractivity contribution in [1.29, 1.82) is 0 Å². The molecule has 0 atom stereocenters. The number of hydrogen-bond acceptors (Lipinski definition) is 3. The Morgan fingerprint density at radius 2 is 1.70 bits per heavy atom. The van der Waals surface area contributed by atoms with E-state index in [1.54, 1.807) is 36.5 Å². The molecule has 0 spiro atoms. The van der Waals surface area contributed by atoms with E-state index in [1.807, 2.05) is 6.92 Å². The third kappa shape index (κ3) is 1.85. The zero-order chi connectivity index (χ0) is 14.3. The number of nitrogens with one attached hydrogen (secondary N) is 2. The van der Waals surface area contributed by atoms with Crippen LogP contribution in [0, 0.1) is 6.92 Å². The molecule has 3 aromatic rings. The molecule has 5 nitrogen and oxygen atoms in total. The highest BCUT2D eigenvalue weighted by molar-refractivity contribution is 7.91. The molecule has 0 bridgehead atoms. The first-order chi connectivity index (χ1) is 9.50. The predicted octanol–water partition coefficient (Wildman–Crippen LogP) is 2.00. The molecule has 0 amide bonds. The highest BCUT2D eigenvalue weighted by Crippen LogP contribution is 2.25. The Labute approximate surface area is 115 Å². The lowest BCUT2D eigenvalue weighted by atomic mass is 10.2. The number of aromatic amines is 2. The molecular formula is C14H12N2O3S. The molecule has 6 heteroatoms. The van der Waals surface area contributed by atoms with Crippen LogP contribution < -0.4 is 5.56 Å². The number of fused-ring (bicyclic) bond motifs is 1. The summed E-state index contributed by atoms with van der Waals surface area (Å²) in [5, 5.41) is 0.398. The van der Waals surface area contributed by atoms with Gasteiger partial charge in [0.25, 0.3) is 5.56 Å². The lowest BCUT2D eigenvalue weighted by Gasteiger charge is -2.06. The molecule has 2 heterocycles. The first-order valence-corrected chi connectivity index (χ1v) is 7.49. The van der Waals surface area contributed by atoms with Crippen molar-refractivity contribution in [1.82, 2.24) is 9.97 Å². The van der Waals surface area contributed by atoms with Crippen molar-refractivity contribution in [2.75, 3.05) is 0 Å². The number of H-pyrrole nitrogens is 2. The molecular weight excluding hydrogens is 276 g/mol. The van der Waals surface area contributed by atoms with Gasteiger partial charge in [0.15, 0.2) is 0 Å². The summed E-state index contributed by atoms with van der Waals surface area (Å²) in [6.07, 6.45) is 2.79. The highest BCUT2D eigenvalue weighted by Gasteiger charge is 2.21. The van der Waals surface area contributed by atoms with Crippen LogP contribution >= 0.6 is 0 Å². The summed E-state index contributed by atoms with van der Waals surface area (Å²) >= 11 is 0. The van der Waals surface area contributed by atoms with Crippen molar-refractivity contribution in [3.8, 4) is 0 Å². The van der Waals surface area contributed by atoms with Gasteiger partial charge < -0.3 is 9.97 Å². The van der Waals surface area contributed by atoms with Crippen LogP contribution in [-0.4, -0.2) is 18.4 Å². The third-order valence-electron chi connectivity index (χ3n) is 3.19. The predicted molar refractivity (Wildman–Crippen MR) is 75.6 cm³/mol. The quantitative estimate of drug-likeness (QED) is 0.756. The fourth-order valence-electron chi connectivity index (χ4n) is 2.11. The fourth-order valence-corrected chi connectivity index (χ4v) is 3.53. The second-order valence-electron chi connectivity index (χ2n) is 4.56. The maximum Gasteiger partial charge on any atom is 0.272 e. The van der Waals surface area contributed by atoms with Crippen molar-refractivity contribution in [3.63, 3.8) is 0 Å². The summed E-state index contributed by atoms with van der Waals surface area (Å²) < 4.78 is 25.3. The second kappa shape index (κ2) is 4.35. The molecule has 2 aromatic heterocycles. The second-order valence-corrected chi connectivity index (χ2v) is 6.48. The molecule has 0 aliphatic carbocycles. The smallest absolute Gasteiger partial charge is 0.272 e. The van der Waals surface area contributed by atoms with Gasteiger partial charge in [0, 0.05) is 17.8 Å². The molecule has 0 aliphatic heterocycles. The number of aromatic nitrogens is 2. The van der Waals surface area contributed by atoms with E-state index in [9.17, 15) is 13.2 Å².